The highest BCUT2D eigenvalue weighted by molar-refractivity contribution is 7.99. The van der Waals surface area contributed by atoms with Crippen LogP contribution < -0.4 is 14.2 Å². The molecule has 0 N–H and O–H groups in total. The maximum atomic E-state index is 13.9. The molecule has 0 unspecified atom stereocenters. The summed E-state index contributed by atoms with van der Waals surface area (Å²) < 4.78 is 59.7. The molecular formula is C28H27F3N2O3S. The highest BCUT2D eigenvalue weighted by atomic mass is 32.2. The lowest BCUT2D eigenvalue weighted by molar-refractivity contribution is 0.305. The van der Waals surface area contributed by atoms with Gasteiger partial charge in [-0.25, -0.2) is 18.2 Å². The van der Waals surface area contributed by atoms with Crippen LogP contribution in [0, 0.1) is 17.5 Å². The summed E-state index contributed by atoms with van der Waals surface area (Å²) in [5.74, 6) is -0.653. The number of ether oxygens (including phenoxy) is 3. The zero-order valence-electron chi connectivity index (χ0n) is 20.9. The molecule has 4 rings (SSSR count). The first-order chi connectivity index (χ1) is 17.8. The van der Waals surface area contributed by atoms with E-state index in [1.165, 1.54) is 30.0 Å². The Bertz CT molecular complexity index is 1350. The molecule has 0 fully saturated rings. The van der Waals surface area contributed by atoms with Gasteiger partial charge in [0.05, 0.1) is 32.7 Å². The maximum Gasteiger partial charge on any atom is 0.190 e. The lowest BCUT2D eigenvalue weighted by Crippen LogP contribution is -2.23. The Morgan fingerprint density at radius 3 is 2.22 bits per heavy atom. The van der Waals surface area contributed by atoms with Gasteiger partial charge in [0, 0.05) is 16.9 Å². The third kappa shape index (κ3) is 5.56. The molecule has 0 spiro atoms. The third-order valence-electron chi connectivity index (χ3n) is 6.04. The van der Waals surface area contributed by atoms with Crippen LogP contribution in [0.3, 0.4) is 0 Å². The Morgan fingerprint density at radius 2 is 1.57 bits per heavy atom. The first-order valence-corrected chi connectivity index (χ1v) is 12.5. The number of rotatable bonds is 10. The van der Waals surface area contributed by atoms with Crippen LogP contribution in [0.1, 0.15) is 25.1 Å². The smallest absolute Gasteiger partial charge is 0.190 e. The predicted octanol–water partition coefficient (Wildman–Crippen LogP) is 6.80. The topological polar surface area (TPSA) is 45.5 Å². The van der Waals surface area contributed by atoms with E-state index in [2.05, 4.69) is 18.8 Å². The minimum Gasteiger partial charge on any atom is -0.493 e. The summed E-state index contributed by atoms with van der Waals surface area (Å²) >= 11 is 1.37. The van der Waals surface area contributed by atoms with Crippen LogP contribution in [0.5, 0.6) is 17.2 Å². The van der Waals surface area contributed by atoms with Gasteiger partial charge in [-0.2, -0.15) is 0 Å². The molecule has 0 amide bonds. The van der Waals surface area contributed by atoms with Gasteiger partial charge in [0.2, 0.25) is 0 Å². The Labute approximate surface area is 218 Å². The second kappa shape index (κ2) is 11.2. The fourth-order valence-electron chi connectivity index (χ4n) is 3.99. The van der Waals surface area contributed by atoms with E-state index in [9.17, 15) is 13.2 Å². The summed E-state index contributed by atoms with van der Waals surface area (Å²) in [6.07, 6.45) is 1.78. The van der Waals surface area contributed by atoms with Crippen LogP contribution in [0.25, 0.3) is 5.69 Å². The molecule has 37 heavy (non-hydrogen) atoms. The fraction of sp³-hybridized carbons (Fsp3) is 0.250. The van der Waals surface area contributed by atoms with E-state index in [4.69, 9.17) is 14.2 Å². The molecule has 3 aromatic carbocycles. The summed E-state index contributed by atoms with van der Waals surface area (Å²) in [6.45, 7) is 4.18. The molecule has 1 aromatic heterocycles. The third-order valence-corrected chi connectivity index (χ3v) is 6.96. The van der Waals surface area contributed by atoms with E-state index in [-0.39, 0.29) is 12.4 Å². The van der Waals surface area contributed by atoms with Gasteiger partial charge in [0.25, 0.3) is 0 Å². The molecule has 0 aliphatic heterocycles. The minimum atomic E-state index is -0.753. The van der Waals surface area contributed by atoms with Gasteiger partial charge in [-0.3, -0.25) is 4.57 Å². The van der Waals surface area contributed by atoms with Crippen LogP contribution >= 0.6 is 11.8 Å². The monoisotopic (exact) mass is 528 g/mol. The zero-order valence-corrected chi connectivity index (χ0v) is 21.7. The largest absolute Gasteiger partial charge is 0.493 e. The van der Waals surface area contributed by atoms with Crippen molar-refractivity contribution < 1.29 is 27.4 Å². The number of nitrogens with zero attached hydrogens (tertiary/aromatic N) is 2. The highest BCUT2D eigenvalue weighted by Crippen LogP contribution is 2.39. The Morgan fingerprint density at radius 1 is 0.892 bits per heavy atom. The fourth-order valence-corrected chi connectivity index (χ4v) is 4.80. The van der Waals surface area contributed by atoms with Crippen LogP contribution in [-0.2, 0) is 5.41 Å². The quantitative estimate of drug-likeness (QED) is 0.167. The van der Waals surface area contributed by atoms with Gasteiger partial charge in [-0.15, -0.1) is 0 Å². The molecular weight excluding hydrogens is 501 g/mol. The molecule has 4 aromatic rings. The van der Waals surface area contributed by atoms with Crippen molar-refractivity contribution in [2.45, 2.75) is 24.4 Å². The standard InChI is InChI=1S/C28H27F3N2O3S/c1-28(2,18-8-13-23(34-3)24(16-18)35-4)25-17-32-27(33(25)20-11-9-19(29)10-12-20)37-15-14-36-26-21(30)6-5-7-22(26)31/h5-13,16-17H,14-15H2,1-4H3. The average Bonchev–Trinajstić information content (AvgIpc) is 3.32. The van der Waals surface area contributed by atoms with Gasteiger partial charge >= 0.3 is 0 Å². The van der Waals surface area contributed by atoms with E-state index in [1.54, 1.807) is 32.5 Å². The number of methoxy groups -OCH3 is 2. The van der Waals surface area contributed by atoms with Crippen molar-refractivity contribution in [3.05, 3.63) is 95.6 Å². The number of halogens is 3. The molecule has 0 saturated carbocycles. The number of benzene rings is 3. The number of hydrogen-bond acceptors (Lipinski definition) is 5. The number of thioether (sulfide) groups is 1. The van der Waals surface area contributed by atoms with E-state index in [0.717, 1.165) is 29.1 Å². The van der Waals surface area contributed by atoms with E-state index >= 15 is 0 Å². The van der Waals surface area contributed by atoms with Crippen molar-refractivity contribution in [1.82, 2.24) is 9.55 Å². The minimum absolute atomic E-state index is 0.0627. The van der Waals surface area contributed by atoms with Crippen molar-refractivity contribution in [2.24, 2.45) is 0 Å². The zero-order chi connectivity index (χ0) is 26.6. The van der Waals surface area contributed by atoms with Crippen molar-refractivity contribution in [2.75, 3.05) is 26.6 Å². The molecule has 1 heterocycles. The van der Waals surface area contributed by atoms with Crippen LogP contribution in [-0.4, -0.2) is 36.1 Å². The van der Waals surface area contributed by atoms with Crippen LogP contribution in [0.15, 0.2) is 72.0 Å². The summed E-state index contributed by atoms with van der Waals surface area (Å²) in [7, 11) is 3.17. The SMILES string of the molecule is COc1ccc(C(C)(C)c2cnc(SCCOc3c(F)cccc3F)n2-c2ccc(F)cc2)cc1OC. The molecule has 0 bridgehead atoms. The summed E-state index contributed by atoms with van der Waals surface area (Å²) in [5.41, 5.74) is 2.01. The van der Waals surface area contributed by atoms with E-state index in [1.807, 2.05) is 22.8 Å². The van der Waals surface area contributed by atoms with Gasteiger partial charge < -0.3 is 14.2 Å². The Kier molecular flexibility index (Phi) is 8.02. The van der Waals surface area contributed by atoms with Crippen molar-refractivity contribution >= 4 is 11.8 Å². The number of hydrogen-bond donors (Lipinski definition) is 0. The number of aromatic nitrogens is 2. The van der Waals surface area contributed by atoms with Crippen molar-refractivity contribution in [1.29, 1.82) is 0 Å². The van der Waals surface area contributed by atoms with Gasteiger partial charge in [-0.05, 0) is 54.1 Å². The molecule has 0 aliphatic rings. The summed E-state index contributed by atoms with van der Waals surface area (Å²) in [5, 5.41) is 0.632. The number of imidazole rings is 1. The Balaban J connectivity index is 1.65. The second-order valence-electron chi connectivity index (χ2n) is 8.68. The first-order valence-electron chi connectivity index (χ1n) is 11.5. The van der Waals surface area contributed by atoms with Crippen molar-refractivity contribution in [3.63, 3.8) is 0 Å². The van der Waals surface area contributed by atoms with Crippen LogP contribution in [0.4, 0.5) is 13.2 Å². The summed E-state index contributed by atoms with van der Waals surface area (Å²) in [6, 6.07) is 15.5. The highest BCUT2D eigenvalue weighted by Gasteiger charge is 2.30. The molecule has 0 atom stereocenters. The van der Waals surface area contributed by atoms with Gasteiger partial charge in [0.15, 0.2) is 34.0 Å². The molecule has 0 radical (unpaired) electrons. The second-order valence-corrected chi connectivity index (χ2v) is 9.74. The maximum absolute atomic E-state index is 13.9. The lowest BCUT2D eigenvalue weighted by atomic mass is 9.81. The Hall–Kier alpha value is -3.59. The lowest BCUT2D eigenvalue weighted by Gasteiger charge is -2.28. The van der Waals surface area contributed by atoms with Gasteiger partial charge in [-0.1, -0.05) is 37.7 Å². The molecule has 0 aliphatic carbocycles. The van der Waals surface area contributed by atoms with Gasteiger partial charge in [0.1, 0.15) is 5.82 Å². The molecule has 0 saturated heterocycles. The van der Waals surface area contributed by atoms with Crippen LogP contribution in [0.2, 0.25) is 0 Å². The number of para-hydroxylation sites is 1. The normalized spacial score (nSPS) is 11.4. The summed E-state index contributed by atoms with van der Waals surface area (Å²) in [4.78, 5) is 4.64. The van der Waals surface area contributed by atoms with Crippen molar-refractivity contribution in [3.8, 4) is 22.9 Å². The molecule has 5 nitrogen and oxygen atoms in total. The first kappa shape index (κ1) is 26.5. The van der Waals surface area contributed by atoms with E-state index in [0.29, 0.717) is 22.4 Å². The molecule has 194 valence electrons. The average molecular weight is 529 g/mol. The molecule has 9 heteroatoms. The van der Waals surface area contributed by atoms with E-state index < -0.39 is 22.8 Å². The predicted molar refractivity (Wildman–Crippen MR) is 138 cm³/mol.